The lowest BCUT2D eigenvalue weighted by Gasteiger charge is -2.10. The molecule has 1 aromatic heterocycles. The number of hydrogen-bond acceptors (Lipinski definition) is 4. The Morgan fingerprint density at radius 3 is 2.50 bits per heavy atom. The number of carbonyl (C=O) groups is 2. The molecule has 0 aliphatic carbocycles. The van der Waals surface area contributed by atoms with Gasteiger partial charge in [0.15, 0.2) is 0 Å². The van der Waals surface area contributed by atoms with Crippen LogP contribution in [0.1, 0.15) is 17.0 Å². The van der Waals surface area contributed by atoms with Crippen LogP contribution >= 0.6 is 0 Å². The zero-order chi connectivity index (χ0) is 21.7. The number of aryl methyl sites for hydroxylation is 1. The van der Waals surface area contributed by atoms with E-state index in [1.54, 1.807) is 47.0 Å². The van der Waals surface area contributed by atoms with Crippen LogP contribution in [0.5, 0.6) is 5.75 Å². The Morgan fingerprint density at radius 2 is 1.77 bits per heavy atom. The van der Waals surface area contributed by atoms with Gasteiger partial charge in [0, 0.05) is 17.0 Å². The summed E-state index contributed by atoms with van der Waals surface area (Å²) in [6, 6.07) is 15.0. The number of aromatic nitrogens is 1. The Morgan fingerprint density at radius 1 is 1.07 bits per heavy atom. The van der Waals surface area contributed by atoms with Crippen LogP contribution < -0.4 is 15.5 Å². The number of nitrogens with zero attached hydrogens (tertiary/aromatic N) is 2. The highest BCUT2D eigenvalue weighted by Gasteiger charge is 2.16. The Balaban J connectivity index is 1.70. The van der Waals surface area contributed by atoms with E-state index in [9.17, 15) is 14.0 Å². The minimum Gasteiger partial charge on any atom is -0.495 e. The molecule has 8 heteroatoms. The fourth-order valence-corrected chi connectivity index (χ4v) is 3.06. The number of hydrazone groups is 1. The molecule has 7 nitrogen and oxygen atoms in total. The van der Waals surface area contributed by atoms with Crippen molar-refractivity contribution in [2.24, 2.45) is 5.10 Å². The summed E-state index contributed by atoms with van der Waals surface area (Å²) in [5.74, 6) is -1.72. The molecule has 3 rings (SSSR count). The van der Waals surface area contributed by atoms with Gasteiger partial charge in [-0.3, -0.25) is 9.59 Å². The average Bonchev–Trinajstić information content (AvgIpc) is 3.02. The molecule has 0 atom stereocenters. The van der Waals surface area contributed by atoms with Crippen molar-refractivity contribution >= 4 is 23.7 Å². The third kappa shape index (κ3) is 4.38. The van der Waals surface area contributed by atoms with E-state index in [1.807, 2.05) is 19.9 Å². The number of ether oxygens (including phenoxy) is 1. The van der Waals surface area contributed by atoms with Gasteiger partial charge in [-0.05, 0) is 44.2 Å². The summed E-state index contributed by atoms with van der Waals surface area (Å²) in [7, 11) is 1.47. The van der Waals surface area contributed by atoms with Gasteiger partial charge in [0.25, 0.3) is 0 Å². The zero-order valence-electron chi connectivity index (χ0n) is 16.8. The van der Waals surface area contributed by atoms with Gasteiger partial charge < -0.3 is 14.6 Å². The van der Waals surface area contributed by atoms with Crippen molar-refractivity contribution in [1.29, 1.82) is 0 Å². The minimum absolute atomic E-state index is 0.343. The summed E-state index contributed by atoms with van der Waals surface area (Å²) in [6.07, 6.45) is 1.41. The number of benzene rings is 2. The summed E-state index contributed by atoms with van der Waals surface area (Å²) in [5.41, 5.74) is 5.22. The quantitative estimate of drug-likeness (QED) is 0.386. The second-order valence-electron chi connectivity index (χ2n) is 6.47. The monoisotopic (exact) mass is 408 g/mol. The molecule has 0 bridgehead atoms. The molecule has 1 heterocycles. The molecule has 0 saturated heterocycles. The number of halogens is 1. The van der Waals surface area contributed by atoms with Gasteiger partial charge in [-0.25, -0.2) is 9.82 Å². The highest BCUT2D eigenvalue weighted by atomic mass is 19.1. The normalized spacial score (nSPS) is 10.8. The highest BCUT2D eigenvalue weighted by Crippen LogP contribution is 2.23. The Labute approximate surface area is 173 Å². The van der Waals surface area contributed by atoms with E-state index in [-0.39, 0.29) is 5.82 Å². The molecular weight excluding hydrogens is 387 g/mol. The molecule has 3 aromatic rings. The maximum absolute atomic E-state index is 14.2. The lowest BCUT2D eigenvalue weighted by molar-refractivity contribution is -0.136. The highest BCUT2D eigenvalue weighted by molar-refractivity contribution is 6.39. The lowest BCUT2D eigenvalue weighted by atomic mass is 10.2. The summed E-state index contributed by atoms with van der Waals surface area (Å²) in [4.78, 5) is 24.1. The van der Waals surface area contributed by atoms with Gasteiger partial charge in [-0.2, -0.15) is 5.10 Å². The first-order valence-electron chi connectivity index (χ1n) is 9.13. The molecule has 0 aliphatic rings. The van der Waals surface area contributed by atoms with Crippen LogP contribution in [-0.4, -0.2) is 29.7 Å². The fourth-order valence-electron chi connectivity index (χ4n) is 3.06. The largest absolute Gasteiger partial charge is 0.495 e. The van der Waals surface area contributed by atoms with E-state index in [0.717, 1.165) is 11.4 Å². The van der Waals surface area contributed by atoms with E-state index in [2.05, 4.69) is 15.8 Å². The molecule has 0 unspecified atom stereocenters. The number of amides is 2. The summed E-state index contributed by atoms with van der Waals surface area (Å²) < 4.78 is 21.0. The Hall–Kier alpha value is -3.94. The molecule has 154 valence electrons. The third-order valence-corrected chi connectivity index (χ3v) is 4.49. The molecule has 30 heavy (non-hydrogen) atoms. The number of hydrogen-bond donors (Lipinski definition) is 2. The lowest BCUT2D eigenvalue weighted by Crippen LogP contribution is -2.32. The first-order valence-corrected chi connectivity index (χ1v) is 9.13. The van der Waals surface area contributed by atoms with Crippen LogP contribution in [0, 0.1) is 19.7 Å². The molecule has 0 aliphatic heterocycles. The summed E-state index contributed by atoms with van der Waals surface area (Å²) in [5, 5.41) is 6.32. The van der Waals surface area contributed by atoms with Crippen molar-refractivity contribution in [3.8, 4) is 11.4 Å². The number of methoxy groups -OCH3 is 1. The summed E-state index contributed by atoms with van der Waals surface area (Å²) >= 11 is 0. The molecular formula is C22H21FN4O3. The molecule has 0 radical (unpaired) electrons. The molecule has 2 amide bonds. The average molecular weight is 408 g/mol. The van der Waals surface area contributed by atoms with Crippen molar-refractivity contribution < 1.29 is 18.7 Å². The first kappa shape index (κ1) is 20.8. The Kier molecular flexibility index (Phi) is 6.26. The van der Waals surface area contributed by atoms with E-state index in [4.69, 9.17) is 4.74 Å². The number of anilines is 1. The zero-order valence-corrected chi connectivity index (χ0v) is 16.8. The van der Waals surface area contributed by atoms with Crippen molar-refractivity contribution in [1.82, 2.24) is 9.99 Å². The second kappa shape index (κ2) is 9.04. The number of nitrogens with one attached hydrogen (secondary N) is 2. The number of carbonyl (C=O) groups excluding carboxylic acids is 2. The second-order valence-corrected chi connectivity index (χ2v) is 6.47. The van der Waals surface area contributed by atoms with Gasteiger partial charge in [0.05, 0.1) is 24.7 Å². The van der Waals surface area contributed by atoms with E-state index in [0.29, 0.717) is 22.7 Å². The van der Waals surface area contributed by atoms with Crippen molar-refractivity contribution in [2.45, 2.75) is 13.8 Å². The molecule has 2 aromatic carbocycles. The van der Waals surface area contributed by atoms with Gasteiger partial charge >= 0.3 is 11.8 Å². The van der Waals surface area contributed by atoms with E-state index < -0.39 is 11.8 Å². The molecule has 0 spiro atoms. The van der Waals surface area contributed by atoms with Crippen LogP contribution in [0.4, 0.5) is 10.1 Å². The van der Waals surface area contributed by atoms with E-state index >= 15 is 0 Å². The molecule has 0 saturated carbocycles. The fraction of sp³-hybridized carbons (Fsp3) is 0.136. The third-order valence-electron chi connectivity index (χ3n) is 4.49. The van der Waals surface area contributed by atoms with Crippen LogP contribution in [0.3, 0.4) is 0 Å². The van der Waals surface area contributed by atoms with Gasteiger partial charge in [-0.15, -0.1) is 0 Å². The van der Waals surface area contributed by atoms with Crippen molar-refractivity contribution in [2.75, 3.05) is 12.4 Å². The van der Waals surface area contributed by atoms with Crippen LogP contribution in [0.2, 0.25) is 0 Å². The standard InChI is InChI=1S/C22H21FN4O3/c1-14-12-16(15(2)27(14)19-10-6-4-8-17(19)23)13-24-26-22(29)21(28)25-18-9-5-7-11-20(18)30-3/h4-13H,1-3H3,(H,25,28)(H,26,29)/b24-13-. The Bertz CT molecular complexity index is 1120. The predicted molar refractivity (Wildman–Crippen MR) is 113 cm³/mol. The smallest absolute Gasteiger partial charge is 0.329 e. The predicted octanol–water partition coefficient (Wildman–Crippen LogP) is 3.33. The minimum atomic E-state index is -0.930. The first-order chi connectivity index (χ1) is 14.4. The maximum atomic E-state index is 14.2. The van der Waals surface area contributed by atoms with Gasteiger partial charge in [0.1, 0.15) is 11.6 Å². The summed E-state index contributed by atoms with van der Waals surface area (Å²) in [6.45, 7) is 3.66. The van der Waals surface area contributed by atoms with Crippen LogP contribution in [0.15, 0.2) is 59.7 Å². The van der Waals surface area contributed by atoms with E-state index in [1.165, 1.54) is 19.4 Å². The van der Waals surface area contributed by atoms with Crippen molar-refractivity contribution in [3.05, 3.63) is 77.4 Å². The molecule has 0 fully saturated rings. The van der Waals surface area contributed by atoms with Gasteiger partial charge in [0.2, 0.25) is 0 Å². The molecule has 2 N–H and O–H groups in total. The maximum Gasteiger partial charge on any atom is 0.329 e. The topological polar surface area (TPSA) is 84.7 Å². The van der Waals surface area contributed by atoms with Gasteiger partial charge in [-0.1, -0.05) is 24.3 Å². The number of rotatable bonds is 5. The van der Waals surface area contributed by atoms with Crippen LogP contribution in [-0.2, 0) is 9.59 Å². The number of para-hydroxylation sites is 3. The van der Waals surface area contributed by atoms with Crippen molar-refractivity contribution in [3.63, 3.8) is 0 Å². The SMILES string of the molecule is COc1ccccc1NC(=O)C(=O)N/N=C\c1cc(C)n(-c2ccccc2F)c1C. The van der Waals surface area contributed by atoms with Crippen LogP contribution in [0.25, 0.3) is 5.69 Å².